The predicted octanol–water partition coefficient (Wildman–Crippen LogP) is -0.834. The van der Waals surface area contributed by atoms with Gasteiger partial charge in [0.1, 0.15) is 6.10 Å². The van der Waals surface area contributed by atoms with Crippen LogP contribution in [0.4, 0.5) is 0 Å². The van der Waals surface area contributed by atoms with Crippen LogP contribution in [0.3, 0.4) is 0 Å². The zero-order chi connectivity index (χ0) is 10.7. The zero-order valence-electron chi connectivity index (χ0n) is 7.82. The normalized spacial score (nSPS) is 39.0. The molecule has 0 radical (unpaired) electrons. The summed E-state index contributed by atoms with van der Waals surface area (Å²) >= 11 is 0. The summed E-state index contributed by atoms with van der Waals surface area (Å²) in [6.45, 7) is 0. The monoisotopic (exact) mass is 224 g/mol. The minimum Gasteiger partial charge on any atom is -0.390 e. The standard InChI is InChI=1S/C8H17O5P/c9-6-3-5(1-2-14(12)13)4-7(10)8(6)11/h5-13H,1-4H2. The third-order valence-corrected chi connectivity index (χ3v) is 3.33. The summed E-state index contributed by atoms with van der Waals surface area (Å²) < 4.78 is 0. The van der Waals surface area contributed by atoms with E-state index < -0.39 is 26.7 Å². The molecule has 0 amide bonds. The van der Waals surface area contributed by atoms with Gasteiger partial charge in [-0.05, 0) is 25.2 Å². The van der Waals surface area contributed by atoms with E-state index in [9.17, 15) is 15.3 Å². The summed E-state index contributed by atoms with van der Waals surface area (Å²) in [6, 6.07) is 0. The molecule has 5 N–H and O–H groups in total. The maximum Gasteiger partial charge on any atom is 0.164 e. The van der Waals surface area contributed by atoms with E-state index in [1.54, 1.807) is 0 Å². The number of hydrogen-bond acceptors (Lipinski definition) is 5. The van der Waals surface area contributed by atoms with Crippen LogP contribution in [0.15, 0.2) is 0 Å². The minimum absolute atomic E-state index is 0.0627. The van der Waals surface area contributed by atoms with Crippen molar-refractivity contribution in [3.63, 3.8) is 0 Å². The molecule has 6 heteroatoms. The molecule has 0 aromatic carbocycles. The largest absolute Gasteiger partial charge is 0.390 e. The third kappa shape index (κ3) is 3.42. The second-order valence-electron chi connectivity index (χ2n) is 3.85. The fourth-order valence-electron chi connectivity index (χ4n) is 1.85. The Bertz CT molecular complexity index is 165. The van der Waals surface area contributed by atoms with Gasteiger partial charge in [0.15, 0.2) is 8.38 Å². The molecule has 0 saturated heterocycles. The number of hydrogen-bond donors (Lipinski definition) is 5. The lowest BCUT2D eigenvalue weighted by atomic mass is 9.82. The smallest absolute Gasteiger partial charge is 0.164 e. The summed E-state index contributed by atoms with van der Waals surface area (Å²) in [6.07, 6.45) is -1.14. The molecule has 0 bridgehead atoms. The summed E-state index contributed by atoms with van der Waals surface area (Å²) in [5.74, 6) is 0.0627. The van der Waals surface area contributed by atoms with Crippen molar-refractivity contribution in [1.29, 1.82) is 0 Å². The Morgan fingerprint density at radius 1 is 1.00 bits per heavy atom. The van der Waals surface area contributed by atoms with Gasteiger partial charge < -0.3 is 25.1 Å². The highest BCUT2D eigenvalue weighted by atomic mass is 31.2. The second kappa shape index (κ2) is 5.35. The van der Waals surface area contributed by atoms with Gasteiger partial charge in [-0.2, -0.15) is 0 Å². The Morgan fingerprint density at radius 2 is 1.50 bits per heavy atom. The minimum atomic E-state index is -1.89. The van der Waals surface area contributed by atoms with Crippen molar-refractivity contribution < 1.29 is 25.1 Å². The Hall–Kier alpha value is 0.230. The third-order valence-electron chi connectivity index (χ3n) is 2.68. The molecule has 0 heterocycles. The van der Waals surface area contributed by atoms with E-state index in [1.807, 2.05) is 0 Å². The van der Waals surface area contributed by atoms with E-state index in [1.165, 1.54) is 0 Å². The van der Waals surface area contributed by atoms with Crippen LogP contribution in [-0.2, 0) is 0 Å². The van der Waals surface area contributed by atoms with Crippen LogP contribution in [0.5, 0.6) is 0 Å². The first kappa shape index (κ1) is 12.3. The van der Waals surface area contributed by atoms with Crippen molar-refractivity contribution in [2.24, 2.45) is 5.92 Å². The van der Waals surface area contributed by atoms with E-state index in [0.717, 1.165) is 0 Å². The molecular weight excluding hydrogens is 207 g/mol. The first-order chi connectivity index (χ1) is 6.50. The van der Waals surface area contributed by atoms with Gasteiger partial charge in [-0.3, -0.25) is 0 Å². The van der Waals surface area contributed by atoms with Crippen LogP contribution in [0, 0.1) is 5.92 Å². The molecule has 1 aliphatic carbocycles. The maximum atomic E-state index is 9.35. The Labute approximate surface area is 83.9 Å². The quantitative estimate of drug-likeness (QED) is 0.403. The van der Waals surface area contributed by atoms with E-state index in [-0.39, 0.29) is 5.92 Å². The molecule has 0 aromatic rings. The number of aliphatic hydroxyl groups is 3. The fourth-order valence-corrected chi connectivity index (χ4v) is 2.44. The molecular formula is C8H17O5P. The SMILES string of the molecule is OC1CC(CCP(O)O)CC(O)C1O. The lowest BCUT2D eigenvalue weighted by Crippen LogP contribution is -2.44. The van der Waals surface area contributed by atoms with Gasteiger partial charge in [0.2, 0.25) is 0 Å². The Kier molecular flexibility index (Phi) is 4.70. The number of aliphatic hydroxyl groups excluding tert-OH is 3. The molecule has 1 aliphatic rings. The molecule has 1 saturated carbocycles. The second-order valence-corrected chi connectivity index (χ2v) is 5.04. The van der Waals surface area contributed by atoms with Crippen molar-refractivity contribution >= 4 is 8.38 Å². The highest BCUT2D eigenvalue weighted by Crippen LogP contribution is 2.32. The molecule has 1 rings (SSSR count). The van der Waals surface area contributed by atoms with Gasteiger partial charge >= 0.3 is 0 Å². The molecule has 0 aliphatic heterocycles. The Balaban J connectivity index is 2.34. The predicted molar refractivity (Wildman–Crippen MR) is 51.6 cm³/mol. The van der Waals surface area contributed by atoms with Crippen molar-refractivity contribution in [3.8, 4) is 0 Å². The van der Waals surface area contributed by atoms with Crippen LogP contribution in [-0.4, -0.2) is 49.6 Å². The zero-order valence-corrected chi connectivity index (χ0v) is 8.72. The van der Waals surface area contributed by atoms with Crippen LogP contribution >= 0.6 is 8.38 Å². The van der Waals surface area contributed by atoms with Crippen molar-refractivity contribution in [2.45, 2.75) is 37.6 Å². The molecule has 2 atom stereocenters. The first-order valence-corrected chi connectivity index (χ1v) is 6.13. The highest BCUT2D eigenvalue weighted by Gasteiger charge is 2.34. The lowest BCUT2D eigenvalue weighted by molar-refractivity contribution is -0.0999. The van der Waals surface area contributed by atoms with Crippen molar-refractivity contribution in [1.82, 2.24) is 0 Å². The molecule has 0 aromatic heterocycles. The van der Waals surface area contributed by atoms with Crippen LogP contribution < -0.4 is 0 Å². The molecule has 0 spiro atoms. The van der Waals surface area contributed by atoms with Crippen LogP contribution in [0.1, 0.15) is 19.3 Å². The average Bonchev–Trinajstić information content (AvgIpc) is 2.10. The van der Waals surface area contributed by atoms with Gasteiger partial charge in [0, 0.05) is 6.16 Å². The van der Waals surface area contributed by atoms with Gasteiger partial charge in [-0.1, -0.05) is 0 Å². The molecule has 14 heavy (non-hydrogen) atoms. The van der Waals surface area contributed by atoms with E-state index >= 15 is 0 Å². The molecule has 2 unspecified atom stereocenters. The molecule has 5 nitrogen and oxygen atoms in total. The van der Waals surface area contributed by atoms with Gasteiger partial charge in [-0.15, -0.1) is 0 Å². The molecule has 84 valence electrons. The van der Waals surface area contributed by atoms with Crippen LogP contribution in [0.2, 0.25) is 0 Å². The van der Waals surface area contributed by atoms with E-state index in [0.29, 0.717) is 25.4 Å². The summed E-state index contributed by atoms with van der Waals surface area (Å²) in [5, 5.41) is 28.0. The Morgan fingerprint density at radius 3 is 1.93 bits per heavy atom. The van der Waals surface area contributed by atoms with Gasteiger partial charge in [0.05, 0.1) is 12.2 Å². The summed E-state index contributed by atoms with van der Waals surface area (Å²) in [5.41, 5.74) is 0. The van der Waals surface area contributed by atoms with E-state index in [2.05, 4.69) is 0 Å². The lowest BCUT2D eigenvalue weighted by Gasteiger charge is -2.34. The summed E-state index contributed by atoms with van der Waals surface area (Å²) in [4.78, 5) is 17.4. The topological polar surface area (TPSA) is 101 Å². The van der Waals surface area contributed by atoms with Crippen molar-refractivity contribution in [3.05, 3.63) is 0 Å². The number of rotatable bonds is 3. The molecule has 1 fully saturated rings. The van der Waals surface area contributed by atoms with E-state index in [4.69, 9.17) is 9.79 Å². The average molecular weight is 224 g/mol. The van der Waals surface area contributed by atoms with Crippen LogP contribution in [0.25, 0.3) is 0 Å². The van der Waals surface area contributed by atoms with Crippen molar-refractivity contribution in [2.75, 3.05) is 6.16 Å². The maximum absolute atomic E-state index is 9.35. The summed E-state index contributed by atoms with van der Waals surface area (Å²) in [7, 11) is -1.89. The van der Waals surface area contributed by atoms with Gasteiger partial charge in [-0.25, -0.2) is 0 Å². The first-order valence-electron chi connectivity index (χ1n) is 4.70. The van der Waals surface area contributed by atoms with Gasteiger partial charge in [0.25, 0.3) is 0 Å². The fraction of sp³-hybridized carbons (Fsp3) is 1.00. The highest BCUT2D eigenvalue weighted by molar-refractivity contribution is 7.45.